The lowest BCUT2D eigenvalue weighted by molar-refractivity contribution is -0.143. The molecule has 22 heavy (non-hydrogen) atoms. The van der Waals surface area contributed by atoms with E-state index in [9.17, 15) is 9.59 Å². The van der Waals surface area contributed by atoms with E-state index in [-0.39, 0.29) is 24.1 Å². The zero-order valence-electron chi connectivity index (χ0n) is 13.6. The molecule has 0 bridgehead atoms. The summed E-state index contributed by atoms with van der Waals surface area (Å²) < 4.78 is 5.83. The Morgan fingerprint density at radius 3 is 2.55 bits per heavy atom. The van der Waals surface area contributed by atoms with Gasteiger partial charge >= 0.3 is 12.0 Å². The molecule has 0 aromatic rings. The van der Waals surface area contributed by atoms with E-state index in [1.807, 2.05) is 0 Å². The van der Waals surface area contributed by atoms with Crippen molar-refractivity contribution in [3.63, 3.8) is 0 Å². The summed E-state index contributed by atoms with van der Waals surface area (Å²) in [4.78, 5) is 25.1. The zero-order chi connectivity index (χ0) is 16.1. The Labute approximate surface area is 132 Å². The van der Waals surface area contributed by atoms with Crippen LogP contribution >= 0.6 is 0 Å². The molecule has 0 saturated carbocycles. The molecule has 0 aromatic heterocycles. The molecule has 2 amide bonds. The molecule has 2 unspecified atom stereocenters. The molecule has 0 aromatic carbocycles. The quantitative estimate of drug-likeness (QED) is 0.833. The molecule has 0 aliphatic carbocycles. The summed E-state index contributed by atoms with van der Waals surface area (Å²) in [5.41, 5.74) is 0. The molecule has 2 N–H and O–H groups in total. The molecule has 126 valence electrons. The lowest BCUT2D eigenvalue weighted by Crippen LogP contribution is -2.53. The van der Waals surface area contributed by atoms with Gasteiger partial charge in [0.05, 0.1) is 18.1 Å². The van der Waals surface area contributed by atoms with Gasteiger partial charge in [-0.25, -0.2) is 4.79 Å². The summed E-state index contributed by atoms with van der Waals surface area (Å²) in [7, 11) is 0. The SMILES string of the molecule is CC(C)CC1OCCCC1NC(=O)N1CCC(C(=O)O)CC1. The van der Waals surface area contributed by atoms with Crippen LogP contribution in [0.15, 0.2) is 0 Å². The number of urea groups is 1. The summed E-state index contributed by atoms with van der Waals surface area (Å²) in [6, 6.07) is -0.00561. The van der Waals surface area contributed by atoms with Gasteiger partial charge in [0.25, 0.3) is 0 Å². The van der Waals surface area contributed by atoms with Gasteiger partial charge in [0, 0.05) is 19.7 Å². The summed E-state index contributed by atoms with van der Waals surface area (Å²) >= 11 is 0. The normalized spacial score (nSPS) is 27.0. The van der Waals surface area contributed by atoms with Crippen molar-refractivity contribution in [2.24, 2.45) is 11.8 Å². The van der Waals surface area contributed by atoms with Crippen LogP contribution in [-0.4, -0.2) is 53.8 Å². The van der Waals surface area contributed by atoms with Crippen molar-refractivity contribution >= 4 is 12.0 Å². The highest BCUT2D eigenvalue weighted by Gasteiger charge is 2.31. The van der Waals surface area contributed by atoms with E-state index in [4.69, 9.17) is 9.84 Å². The van der Waals surface area contributed by atoms with Crippen LogP contribution in [0.3, 0.4) is 0 Å². The monoisotopic (exact) mass is 312 g/mol. The Kier molecular flexibility index (Phi) is 6.06. The van der Waals surface area contributed by atoms with Crippen LogP contribution in [0.1, 0.15) is 46.0 Å². The van der Waals surface area contributed by atoms with Crippen molar-refractivity contribution in [3.05, 3.63) is 0 Å². The van der Waals surface area contributed by atoms with Crippen molar-refractivity contribution in [2.45, 2.75) is 58.1 Å². The summed E-state index contributed by atoms with van der Waals surface area (Å²) in [5, 5.41) is 12.1. The van der Waals surface area contributed by atoms with Crippen molar-refractivity contribution in [1.29, 1.82) is 0 Å². The number of piperidine rings is 1. The number of carboxylic acids is 1. The minimum absolute atomic E-state index is 0.0702. The van der Waals surface area contributed by atoms with Crippen molar-refractivity contribution in [2.75, 3.05) is 19.7 Å². The molecule has 2 aliphatic rings. The maximum absolute atomic E-state index is 12.4. The summed E-state index contributed by atoms with van der Waals surface area (Å²) in [5.74, 6) is -0.526. The fraction of sp³-hybridized carbons (Fsp3) is 0.875. The number of carbonyl (C=O) groups is 2. The zero-order valence-corrected chi connectivity index (χ0v) is 13.6. The van der Waals surface area contributed by atoms with E-state index in [0.29, 0.717) is 31.8 Å². The first-order chi connectivity index (χ1) is 10.5. The molecule has 2 atom stereocenters. The van der Waals surface area contributed by atoms with Gasteiger partial charge in [0.2, 0.25) is 0 Å². The molecule has 2 aliphatic heterocycles. The largest absolute Gasteiger partial charge is 0.481 e. The maximum Gasteiger partial charge on any atom is 0.317 e. The Morgan fingerprint density at radius 2 is 1.95 bits per heavy atom. The van der Waals surface area contributed by atoms with Crippen LogP contribution < -0.4 is 5.32 Å². The lowest BCUT2D eigenvalue weighted by Gasteiger charge is -2.36. The smallest absolute Gasteiger partial charge is 0.317 e. The average molecular weight is 312 g/mol. The highest BCUT2D eigenvalue weighted by molar-refractivity contribution is 5.75. The molecule has 2 rings (SSSR count). The minimum Gasteiger partial charge on any atom is -0.481 e. The second-order valence-electron chi connectivity index (χ2n) is 6.84. The standard InChI is InChI=1S/C16H28N2O4/c1-11(2)10-14-13(4-3-9-22-14)17-16(21)18-7-5-12(6-8-18)15(19)20/h11-14H,3-10H2,1-2H3,(H,17,21)(H,19,20). The van der Waals surface area contributed by atoms with E-state index in [1.165, 1.54) is 0 Å². The molecular formula is C16H28N2O4. The van der Waals surface area contributed by atoms with E-state index >= 15 is 0 Å². The number of nitrogens with one attached hydrogen (secondary N) is 1. The first-order valence-electron chi connectivity index (χ1n) is 8.37. The van der Waals surface area contributed by atoms with Gasteiger partial charge in [0.15, 0.2) is 0 Å². The number of carboxylic acid groups (broad SMARTS) is 1. The maximum atomic E-state index is 12.4. The molecule has 0 spiro atoms. The van der Waals surface area contributed by atoms with Crippen LogP contribution in [0.5, 0.6) is 0 Å². The lowest BCUT2D eigenvalue weighted by atomic mass is 9.94. The number of carbonyl (C=O) groups excluding carboxylic acids is 1. The van der Waals surface area contributed by atoms with Crippen molar-refractivity contribution in [1.82, 2.24) is 10.2 Å². The molecule has 2 heterocycles. The summed E-state index contributed by atoms with van der Waals surface area (Å²) in [6.45, 7) is 6.13. The second-order valence-corrected chi connectivity index (χ2v) is 6.84. The minimum atomic E-state index is -0.752. The predicted molar refractivity (Wildman–Crippen MR) is 82.7 cm³/mol. The van der Waals surface area contributed by atoms with Gasteiger partial charge in [-0.1, -0.05) is 13.8 Å². The Hall–Kier alpha value is -1.30. The summed E-state index contributed by atoms with van der Waals surface area (Å²) in [6.07, 6.45) is 4.05. The molecular weight excluding hydrogens is 284 g/mol. The topological polar surface area (TPSA) is 78.9 Å². The number of aliphatic carboxylic acids is 1. The first kappa shape index (κ1) is 17.1. The third-order valence-corrected chi connectivity index (χ3v) is 4.58. The number of likely N-dealkylation sites (tertiary alicyclic amines) is 1. The molecule has 0 radical (unpaired) electrons. The van der Waals surface area contributed by atoms with Crippen LogP contribution in [-0.2, 0) is 9.53 Å². The highest BCUT2D eigenvalue weighted by atomic mass is 16.5. The first-order valence-corrected chi connectivity index (χ1v) is 8.37. The van der Waals surface area contributed by atoms with Gasteiger partial charge in [-0.2, -0.15) is 0 Å². The molecule has 2 saturated heterocycles. The van der Waals surface area contributed by atoms with Gasteiger partial charge in [-0.05, 0) is 38.0 Å². The van der Waals surface area contributed by atoms with E-state index in [0.717, 1.165) is 25.9 Å². The van der Waals surface area contributed by atoms with E-state index < -0.39 is 5.97 Å². The third-order valence-electron chi connectivity index (χ3n) is 4.58. The molecule has 6 heteroatoms. The number of hydrogen-bond acceptors (Lipinski definition) is 3. The number of rotatable bonds is 4. The number of nitrogens with zero attached hydrogens (tertiary/aromatic N) is 1. The highest BCUT2D eigenvalue weighted by Crippen LogP contribution is 2.22. The van der Waals surface area contributed by atoms with Crippen LogP contribution in [0.4, 0.5) is 4.79 Å². The number of amides is 2. The van der Waals surface area contributed by atoms with E-state index in [2.05, 4.69) is 19.2 Å². The van der Waals surface area contributed by atoms with Gasteiger partial charge < -0.3 is 20.1 Å². The van der Waals surface area contributed by atoms with E-state index in [1.54, 1.807) is 4.90 Å². The predicted octanol–water partition coefficient (Wildman–Crippen LogP) is 2.09. The Morgan fingerprint density at radius 1 is 1.27 bits per heavy atom. The molecule has 2 fully saturated rings. The second kappa shape index (κ2) is 7.81. The number of ether oxygens (including phenoxy) is 1. The Balaban J connectivity index is 1.84. The van der Waals surface area contributed by atoms with Gasteiger partial charge in [-0.3, -0.25) is 4.79 Å². The van der Waals surface area contributed by atoms with Crippen molar-refractivity contribution < 1.29 is 19.4 Å². The van der Waals surface area contributed by atoms with Gasteiger partial charge in [0.1, 0.15) is 0 Å². The van der Waals surface area contributed by atoms with Crippen LogP contribution in [0.25, 0.3) is 0 Å². The average Bonchev–Trinajstić information content (AvgIpc) is 2.48. The Bertz CT molecular complexity index is 392. The van der Waals surface area contributed by atoms with Crippen LogP contribution in [0, 0.1) is 11.8 Å². The third kappa shape index (κ3) is 4.60. The van der Waals surface area contributed by atoms with Crippen molar-refractivity contribution in [3.8, 4) is 0 Å². The molecule has 6 nitrogen and oxygen atoms in total. The fourth-order valence-electron chi connectivity index (χ4n) is 3.28. The fourth-order valence-corrected chi connectivity index (χ4v) is 3.28. The number of hydrogen-bond donors (Lipinski definition) is 2. The van der Waals surface area contributed by atoms with Crippen LogP contribution in [0.2, 0.25) is 0 Å². The van der Waals surface area contributed by atoms with Gasteiger partial charge in [-0.15, -0.1) is 0 Å².